The summed E-state index contributed by atoms with van der Waals surface area (Å²) >= 11 is 0. The summed E-state index contributed by atoms with van der Waals surface area (Å²) in [6, 6.07) is 0. The molecule has 1 unspecified atom stereocenters. The van der Waals surface area contributed by atoms with Gasteiger partial charge in [-0.15, -0.1) is 0 Å². The fraction of sp³-hybridized carbons (Fsp3) is 1.00. The lowest BCUT2D eigenvalue weighted by molar-refractivity contribution is 0.102. The number of aliphatic hydroxyl groups excluding tert-OH is 3. The molecule has 0 heterocycles. The summed E-state index contributed by atoms with van der Waals surface area (Å²) in [5.74, 6) is 0. The molecule has 0 aliphatic heterocycles. The van der Waals surface area contributed by atoms with Gasteiger partial charge in [-0.05, 0) is 6.92 Å². The van der Waals surface area contributed by atoms with Crippen molar-refractivity contribution in [3.8, 4) is 0 Å². The molecule has 5 N–H and O–H groups in total. The molecule has 0 rings (SSSR count). The van der Waals surface area contributed by atoms with Crippen LogP contribution in [0.3, 0.4) is 0 Å². The minimum absolute atomic E-state index is 0.135. The van der Waals surface area contributed by atoms with E-state index in [2.05, 4.69) is 0 Å². The van der Waals surface area contributed by atoms with Crippen molar-refractivity contribution in [2.24, 2.45) is 5.73 Å². The first-order valence-corrected chi connectivity index (χ1v) is 2.82. The summed E-state index contributed by atoms with van der Waals surface area (Å²) in [5, 5.41) is 23.9. The first-order valence-electron chi connectivity index (χ1n) is 2.82. The molecule has 0 saturated heterocycles. The fourth-order valence-electron chi connectivity index (χ4n) is 0.0745. The Balaban J connectivity index is 0. The van der Waals surface area contributed by atoms with Crippen molar-refractivity contribution < 1.29 is 15.3 Å². The van der Waals surface area contributed by atoms with Crippen LogP contribution < -0.4 is 5.73 Å². The van der Waals surface area contributed by atoms with Crippen molar-refractivity contribution in [1.29, 1.82) is 0 Å². The van der Waals surface area contributed by atoms with Gasteiger partial charge in [0.1, 0.15) is 0 Å². The molecule has 1 atom stereocenters. The largest absolute Gasteiger partial charge is 0.397 e. The standard InChI is InChI=1S/C3H9NO2.C2H6O/c4-1-3(6)2-5;1-2-3/h3,5-6H,1-2,4H2;3H,2H2,1H3. The zero-order chi connectivity index (χ0) is 7.70. The molecule has 0 aliphatic carbocycles. The number of hydrogen-bond acceptors (Lipinski definition) is 4. The molecule has 0 aliphatic rings. The monoisotopic (exact) mass is 137 g/mol. The van der Waals surface area contributed by atoms with Gasteiger partial charge in [-0.1, -0.05) is 0 Å². The van der Waals surface area contributed by atoms with E-state index in [9.17, 15) is 0 Å². The molecule has 0 aromatic carbocycles. The Morgan fingerprint density at radius 1 is 1.44 bits per heavy atom. The lowest BCUT2D eigenvalue weighted by atomic mass is 10.4. The summed E-state index contributed by atoms with van der Waals surface area (Å²) in [5.41, 5.74) is 4.87. The number of nitrogens with two attached hydrogens (primary N) is 1. The van der Waals surface area contributed by atoms with E-state index in [4.69, 9.17) is 21.1 Å². The van der Waals surface area contributed by atoms with Crippen molar-refractivity contribution in [3.05, 3.63) is 0 Å². The van der Waals surface area contributed by atoms with Crippen LogP contribution in [0, 0.1) is 0 Å². The highest BCUT2D eigenvalue weighted by atomic mass is 16.3. The van der Waals surface area contributed by atoms with Crippen LogP contribution in [0.25, 0.3) is 0 Å². The Morgan fingerprint density at radius 3 is 1.78 bits per heavy atom. The lowest BCUT2D eigenvalue weighted by Gasteiger charge is -1.97. The third kappa shape index (κ3) is 18.1. The molecular formula is C5H15NO3. The van der Waals surface area contributed by atoms with Crippen molar-refractivity contribution in [3.63, 3.8) is 0 Å². The van der Waals surface area contributed by atoms with Gasteiger partial charge >= 0.3 is 0 Å². The Hall–Kier alpha value is -0.160. The Labute approximate surface area is 54.9 Å². The third-order valence-electron chi connectivity index (χ3n) is 0.483. The molecule has 0 radical (unpaired) electrons. The molecule has 4 nitrogen and oxygen atoms in total. The molecule has 58 valence electrons. The second kappa shape index (κ2) is 10.8. The van der Waals surface area contributed by atoms with Crippen LogP contribution in [-0.2, 0) is 0 Å². The third-order valence-corrected chi connectivity index (χ3v) is 0.483. The van der Waals surface area contributed by atoms with Crippen LogP contribution in [0.5, 0.6) is 0 Å². The van der Waals surface area contributed by atoms with Gasteiger partial charge in [0.05, 0.1) is 12.7 Å². The van der Waals surface area contributed by atoms with Crippen LogP contribution in [0.1, 0.15) is 6.92 Å². The van der Waals surface area contributed by atoms with Gasteiger partial charge in [0.2, 0.25) is 0 Å². The Morgan fingerprint density at radius 2 is 1.78 bits per heavy atom. The van der Waals surface area contributed by atoms with Crippen LogP contribution in [-0.4, -0.2) is 41.2 Å². The first kappa shape index (κ1) is 11.6. The van der Waals surface area contributed by atoms with Gasteiger partial charge in [0.15, 0.2) is 0 Å². The van der Waals surface area contributed by atoms with E-state index in [-0.39, 0.29) is 19.8 Å². The minimum atomic E-state index is -0.731. The van der Waals surface area contributed by atoms with E-state index < -0.39 is 6.10 Å². The molecule has 0 fully saturated rings. The van der Waals surface area contributed by atoms with Gasteiger partial charge in [0.25, 0.3) is 0 Å². The molecule has 0 aromatic rings. The molecule has 0 aromatic heterocycles. The summed E-state index contributed by atoms with van der Waals surface area (Å²) in [7, 11) is 0. The highest BCUT2D eigenvalue weighted by Gasteiger charge is 1.92. The predicted molar refractivity (Wildman–Crippen MR) is 34.9 cm³/mol. The number of hydrogen-bond donors (Lipinski definition) is 4. The van der Waals surface area contributed by atoms with Crippen LogP contribution in [0.2, 0.25) is 0 Å². The van der Waals surface area contributed by atoms with Gasteiger partial charge in [-0.25, -0.2) is 0 Å². The summed E-state index contributed by atoms with van der Waals surface area (Å²) in [6.07, 6.45) is -0.731. The van der Waals surface area contributed by atoms with Crippen molar-refractivity contribution in [2.75, 3.05) is 19.8 Å². The summed E-state index contributed by atoms with van der Waals surface area (Å²) in [4.78, 5) is 0. The average molecular weight is 137 g/mol. The molecule has 9 heavy (non-hydrogen) atoms. The minimum Gasteiger partial charge on any atom is -0.397 e. The molecule has 0 saturated carbocycles. The van der Waals surface area contributed by atoms with Gasteiger partial charge in [0, 0.05) is 13.2 Å². The van der Waals surface area contributed by atoms with Gasteiger partial charge < -0.3 is 21.1 Å². The Kier molecular flexibility index (Phi) is 13.9. The van der Waals surface area contributed by atoms with Crippen molar-refractivity contribution in [2.45, 2.75) is 13.0 Å². The van der Waals surface area contributed by atoms with Crippen LogP contribution in [0.15, 0.2) is 0 Å². The van der Waals surface area contributed by atoms with E-state index in [1.165, 1.54) is 0 Å². The zero-order valence-electron chi connectivity index (χ0n) is 5.62. The topological polar surface area (TPSA) is 86.7 Å². The second-order valence-electron chi connectivity index (χ2n) is 1.39. The smallest absolute Gasteiger partial charge is 0.0892 e. The quantitative estimate of drug-likeness (QED) is 0.365. The van der Waals surface area contributed by atoms with E-state index in [0.29, 0.717) is 0 Å². The normalized spacial score (nSPS) is 11.7. The summed E-state index contributed by atoms with van der Waals surface area (Å²) in [6.45, 7) is 1.83. The molecule has 0 amide bonds. The second-order valence-corrected chi connectivity index (χ2v) is 1.39. The Bertz CT molecular complexity index is 39.2. The SMILES string of the molecule is CCO.NCC(O)CO. The number of rotatable bonds is 2. The highest BCUT2D eigenvalue weighted by Crippen LogP contribution is 1.69. The average Bonchev–Trinajstić information content (AvgIpc) is 1.88. The molecule has 0 spiro atoms. The van der Waals surface area contributed by atoms with Crippen LogP contribution in [0.4, 0.5) is 0 Å². The maximum absolute atomic E-state index is 8.29. The lowest BCUT2D eigenvalue weighted by Crippen LogP contribution is -2.22. The zero-order valence-corrected chi connectivity index (χ0v) is 5.62. The maximum Gasteiger partial charge on any atom is 0.0892 e. The first-order chi connectivity index (χ1) is 4.22. The van der Waals surface area contributed by atoms with E-state index >= 15 is 0 Å². The molecule has 4 heteroatoms. The molecule has 0 bridgehead atoms. The van der Waals surface area contributed by atoms with E-state index in [1.54, 1.807) is 6.92 Å². The van der Waals surface area contributed by atoms with Crippen LogP contribution >= 0.6 is 0 Å². The van der Waals surface area contributed by atoms with E-state index in [0.717, 1.165) is 0 Å². The number of aliphatic hydroxyl groups is 3. The van der Waals surface area contributed by atoms with Crippen molar-refractivity contribution in [1.82, 2.24) is 0 Å². The predicted octanol–water partition coefficient (Wildman–Crippen LogP) is -1.70. The van der Waals surface area contributed by atoms with Gasteiger partial charge in [-0.2, -0.15) is 0 Å². The molecular weight excluding hydrogens is 122 g/mol. The van der Waals surface area contributed by atoms with Crippen molar-refractivity contribution >= 4 is 0 Å². The summed E-state index contributed by atoms with van der Waals surface area (Å²) < 4.78 is 0. The fourth-order valence-corrected chi connectivity index (χ4v) is 0.0745. The highest BCUT2D eigenvalue weighted by molar-refractivity contribution is 4.48. The van der Waals surface area contributed by atoms with E-state index in [1.807, 2.05) is 0 Å². The maximum atomic E-state index is 8.29. The van der Waals surface area contributed by atoms with Gasteiger partial charge in [-0.3, -0.25) is 0 Å².